The third-order valence-electron chi connectivity index (χ3n) is 20.8. The molecule has 12 atom stereocenters. The summed E-state index contributed by atoms with van der Waals surface area (Å²) in [5, 5.41) is 8.16. The third-order valence-corrected chi connectivity index (χ3v) is 20.8. The molecule has 2 saturated heterocycles. The number of nitrogens with one attached hydrogen (secondary N) is 3. The summed E-state index contributed by atoms with van der Waals surface area (Å²) >= 11 is 2.34. The molecule has 2 aromatic rings. The zero-order chi connectivity index (χ0) is 75.9. The fourth-order valence-electron chi connectivity index (χ4n) is 14.4. The van der Waals surface area contributed by atoms with E-state index in [1.807, 2.05) is 47.6 Å². The molecule has 574 valence electrons. The number of alkyl halides is 1. The molecule has 5 N–H and O–H groups in total. The van der Waals surface area contributed by atoms with E-state index >= 15 is 0 Å². The molecule has 24 heteroatoms. The number of rotatable bonds is 29. The highest BCUT2D eigenvalue weighted by atomic mass is 127. The summed E-state index contributed by atoms with van der Waals surface area (Å²) in [6.07, 6.45) is 2.29. The number of amides is 7. The van der Waals surface area contributed by atoms with E-state index in [-0.39, 0.29) is 140 Å². The Morgan fingerprint density at radius 2 is 0.893 bits per heavy atom. The van der Waals surface area contributed by atoms with E-state index in [0.29, 0.717) is 37.1 Å². The number of Topliss-reactive ketones (excluding diaryl/α,β-unsaturated/α-hetero) is 6. The van der Waals surface area contributed by atoms with Gasteiger partial charge in [0.05, 0.1) is 18.1 Å². The monoisotopic (exact) mass is 1570 g/mol. The molecular weight excluding hydrogens is 1450 g/mol. The largest absolute Gasteiger partial charge is 0.444 e. The Kier molecular flexibility index (Phi) is 31.3. The molecule has 6 aliphatic rings. The normalized spacial score (nSPS) is 22.0. The van der Waals surface area contributed by atoms with Gasteiger partial charge < -0.3 is 46.0 Å². The van der Waals surface area contributed by atoms with E-state index < -0.39 is 106 Å². The average molecular weight is 1570 g/mol. The van der Waals surface area contributed by atoms with Gasteiger partial charge in [-0.3, -0.25) is 57.5 Å². The topological polar surface area (TPSA) is 306 Å². The molecule has 0 bridgehead atoms. The van der Waals surface area contributed by atoms with Crippen molar-refractivity contribution in [3.63, 3.8) is 0 Å². The predicted octanol–water partition coefficient (Wildman–Crippen LogP) is 10.6. The van der Waals surface area contributed by atoms with Gasteiger partial charge in [0.2, 0.25) is 47.0 Å². The number of hydrogen-bond donors (Lipinski definition) is 4. The van der Waals surface area contributed by atoms with Gasteiger partial charge in [0.1, 0.15) is 23.7 Å². The van der Waals surface area contributed by atoms with Crippen LogP contribution < -0.4 is 21.7 Å². The minimum Gasteiger partial charge on any atom is -0.444 e. The summed E-state index contributed by atoms with van der Waals surface area (Å²) in [5.41, 5.74) is 5.31. The maximum Gasteiger partial charge on any atom is 0.408 e. The minimum absolute atomic E-state index is 0. The summed E-state index contributed by atoms with van der Waals surface area (Å²) in [7, 11) is 6.36. The van der Waals surface area contributed by atoms with E-state index in [9.17, 15) is 62.3 Å². The highest BCUT2D eigenvalue weighted by molar-refractivity contribution is 14.1. The van der Waals surface area contributed by atoms with Crippen LogP contribution in [-0.2, 0) is 62.3 Å². The lowest BCUT2D eigenvalue weighted by Gasteiger charge is -2.38. The number of benzene rings is 2. The number of nitrogens with zero attached hydrogens (tertiary/aromatic N) is 4. The summed E-state index contributed by atoms with van der Waals surface area (Å²) in [6.45, 7) is 29.9. The highest BCUT2D eigenvalue weighted by Gasteiger charge is 2.71. The van der Waals surface area contributed by atoms with Crippen LogP contribution in [0.4, 0.5) is 4.79 Å². The Balaban J connectivity index is 0.000000410. The van der Waals surface area contributed by atoms with Gasteiger partial charge in [0, 0.05) is 95.6 Å². The minimum atomic E-state index is -0.968. The van der Waals surface area contributed by atoms with Crippen molar-refractivity contribution in [2.45, 2.75) is 234 Å². The van der Waals surface area contributed by atoms with E-state index in [2.05, 4.69) is 80.1 Å². The van der Waals surface area contributed by atoms with Crippen molar-refractivity contribution < 1.29 is 67.1 Å². The van der Waals surface area contributed by atoms with Crippen LogP contribution in [0, 0.1) is 69.0 Å². The Labute approximate surface area is 632 Å². The predicted molar refractivity (Wildman–Crippen MR) is 407 cm³/mol. The van der Waals surface area contributed by atoms with Crippen molar-refractivity contribution in [3.8, 4) is 0 Å². The molecule has 4 aliphatic carbocycles. The first-order valence-electron chi connectivity index (χ1n) is 36.0. The molecule has 6 unspecified atom stereocenters. The number of fused-ring (bicyclic) bond motifs is 2. The number of likely N-dealkylation sites (tertiary alicyclic amines) is 2. The standard InChI is InChI=1S/C40H58N4O8.C35H50N4O6.C3H7I.CH4.ClH/c1-38(2,3)34(42-37(51)52-39(4,5)6)36(50)44-22-26-30(40(26,7)8)32(44)28(46)21-25(20-23-16-17-23)33(48)27(45)18-19-29(47)41-31(35(49)43(9)10)24-14-12-11-13-15-24;1-34(2,3)31(36)33(45)39-19-23-27(35(23,4)5)29(39)25(41)18-22(17-20-13-14-20)30(43)24(40)15-16-26(42)37-28(32(44)38(6)7)21-11-9-8-10-12-21;1-3(2)4;;/h11-15,23,25-26,30-32,34H,16-22H2,1-10H3,(H,41,47)(H,42,51);8-12,20,22-23,27-29,31H,13-19,36H2,1-7H3,(H,37,42);3H,1-2H3;1H4;1H/t25?,26?,30-,31-,32?,34+;22?,23?,27-,28-,29?,31+;;;/m00.../s1. The fraction of sp³-hybridized carbons (Fsp3) is 0.684. The molecule has 0 spiro atoms. The number of carbonyl (C=O) groups excluding carboxylic acids is 13. The van der Waals surface area contributed by atoms with Gasteiger partial charge in [-0.2, -0.15) is 0 Å². The summed E-state index contributed by atoms with van der Waals surface area (Å²) in [5.74, 6) is -6.52. The first kappa shape index (κ1) is 88.9. The Morgan fingerprint density at radius 1 is 0.553 bits per heavy atom. The van der Waals surface area contributed by atoms with Crippen LogP contribution in [0.1, 0.15) is 212 Å². The van der Waals surface area contributed by atoms with E-state index in [1.54, 1.807) is 113 Å². The summed E-state index contributed by atoms with van der Waals surface area (Å²) in [6, 6.07) is 12.5. The highest BCUT2D eigenvalue weighted by Crippen LogP contribution is 2.66. The number of ether oxygens (including phenoxy) is 1. The molecule has 6 fully saturated rings. The van der Waals surface area contributed by atoms with Gasteiger partial charge in [-0.25, -0.2) is 4.79 Å². The molecule has 4 saturated carbocycles. The van der Waals surface area contributed by atoms with Crippen LogP contribution in [0.5, 0.6) is 0 Å². The van der Waals surface area contributed by atoms with Crippen molar-refractivity contribution in [3.05, 3.63) is 71.8 Å². The molecule has 0 radical (unpaired) electrons. The number of likely N-dealkylation sites (N-methyl/N-ethyl adjacent to an activating group) is 2. The van der Waals surface area contributed by atoms with Crippen LogP contribution in [-0.4, -0.2) is 171 Å². The quantitative estimate of drug-likeness (QED) is 0.0334. The van der Waals surface area contributed by atoms with Gasteiger partial charge in [0.15, 0.2) is 23.1 Å². The number of nitrogens with two attached hydrogens (primary N) is 1. The number of hydrogen-bond acceptors (Lipinski definition) is 15. The Bertz CT molecular complexity index is 3380. The van der Waals surface area contributed by atoms with Crippen molar-refractivity contribution in [1.29, 1.82) is 0 Å². The van der Waals surface area contributed by atoms with Crippen molar-refractivity contribution in [1.82, 2.24) is 35.6 Å². The molecule has 2 aliphatic heterocycles. The van der Waals surface area contributed by atoms with Gasteiger partial charge in [0.25, 0.3) is 0 Å². The van der Waals surface area contributed by atoms with E-state index in [1.165, 1.54) is 9.80 Å². The Morgan fingerprint density at radius 3 is 1.19 bits per heavy atom. The Hall–Kier alpha value is -6.47. The molecule has 0 aromatic heterocycles. The SMILES string of the molecule is C.CC(C)I.CN(C)C(=O)[C@@H](NC(=O)CCC(=O)C(=O)C(CC(=O)C1[C@@H]2C(CN1C(=O)[C@@H](N)C(C)(C)C)C2(C)C)CC1CC1)c1ccccc1.CN(C)C(=O)[C@@H](NC(=O)CCC(=O)C(=O)C(CC(=O)C1[C@@H]2C(CN1C(=O)[C@@H](NC(=O)OC(C)(C)C)C(C)(C)C)C2(C)C)CC1CC1)c1ccccc1.Cl. The average Bonchev–Trinajstić information content (AvgIpc) is 1.53. The van der Waals surface area contributed by atoms with Gasteiger partial charge in [-0.05, 0) is 102 Å². The van der Waals surface area contributed by atoms with Gasteiger partial charge >= 0.3 is 6.09 Å². The van der Waals surface area contributed by atoms with E-state index in [4.69, 9.17) is 10.5 Å². The van der Waals surface area contributed by atoms with Crippen molar-refractivity contribution in [2.24, 2.45) is 74.7 Å². The number of ketones is 6. The molecular formula is C79H120ClIN8O14. The zero-order valence-corrected chi connectivity index (χ0v) is 66.7. The first-order valence-corrected chi connectivity index (χ1v) is 37.3. The number of alkyl carbamates (subject to hydrolysis) is 1. The first-order chi connectivity index (χ1) is 46.7. The summed E-state index contributed by atoms with van der Waals surface area (Å²) < 4.78 is 6.26. The molecule has 2 aromatic carbocycles. The molecule has 7 amide bonds. The molecule has 2 heterocycles. The second-order valence-corrected chi connectivity index (χ2v) is 36.5. The third kappa shape index (κ3) is 24.0. The second-order valence-electron chi connectivity index (χ2n) is 34.0. The van der Waals surface area contributed by atoms with Crippen molar-refractivity contribution in [2.75, 3.05) is 41.3 Å². The molecule has 22 nitrogen and oxygen atoms in total. The number of carbonyl (C=O) groups is 13. The smallest absolute Gasteiger partial charge is 0.408 e. The second kappa shape index (κ2) is 36.2. The van der Waals surface area contributed by atoms with Crippen LogP contribution in [0.2, 0.25) is 0 Å². The van der Waals surface area contributed by atoms with Gasteiger partial charge in [-0.15, -0.1) is 12.4 Å². The van der Waals surface area contributed by atoms with Crippen molar-refractivity contribution >= 4 is 111 Å². The maximum absolute atomic E-state index is 14.3. The van der Waals surface area contributed by atoms with E-state index in [0.717, 1.165) is 29.6 Å². The molecule has 103 heavy (non-hydrogen) atoms. The lowest BCUT2D eigenvalue weighted by atomic mass is 9.83. The van der Waals surface area contributed by atoms with Crippen LogP contribution >= 0.6 is 35.0 Å². The maximum atomic E-state index is 14.3. The number of piperidine rings is 2. The lowest BCUT2D eigenvalue weighted by Crippen LogP contribution is -2.58. The fourth-order valence-corrected chi connectivity index (χ4v) is 14.4. The van der Waals surface area contributed by atoms with Crippen LogP contribution in [0.25, 0.3) is 0 Å². The number of halogens is 2. The zero-order valence-electron chi connectivity index (χ0n) is 63.7. The lowest BCUT2D eigenvalue weighted by molar-refractivity contribution is -0.145. The van der Waals surface area contributed by atoms with Crippen LogP contribution in [0.15, 0.2) is 60.7 Å². The van der Waals surface area contributed by atoms with Crippen LogP contribution in [0.3, 0.4) is 0 Å². The van der Waals surface area contributed by atoms with Gasteiger partial charge in [-0.1, -0.05) is 199 Å². The molecule has 8 rings (SSSR count). The summed E-state index contributed by atoms with van der Waals surface area (Å²) in [4.78, 5) is 180.